The van der Waals surface area contributed by atoms with Crippen LogP contribution in [0.4, 0.5) is 0 Å². The first kappa shape index (κ1) is 13.6. The van der Waals surface area contributed by atoms with Crippen molar-refractivity contribution in [3.63, 3.8) is 0 Å². The van der Waals surface area contributed by atoms with Crippen LogP contribution < -0.4 is 5.32 Å². The maximum Gasteiger partial charge on any atom is 0.252 e. The Kier molecular flexibility index (Phi) is 4.93. The summed E-state index contributed by atoms with van der Waals surface area (Å²) >= 11 is 5.67. The fourth-order valence-corrected chi connectivity index (χ4v) is 1.86. The number of pyridine rings is 1. The van der Waals surface area contributed by atoms with E-state index in [1.54, 1.807) is 12.1 Å². The van der Waals surface area contributed by atoms with Crippen LogP contribution in [0.1, 0.15) is 22.3 Å². The molecule has 4 heteroatoms. The second-order valence-electron chi connectivity index (χ2n) is 4.21. The Bertz CT molecular complexity index is 526. The lowest BCUT2D eigenvalue weighted by Crippen LogP contribution is -2.24. The van der Waals surface area contributed by atoms with E-state index in [0.29, 0.717) is 17.3 Å². The predicted molar refractivity (Wildman–Crippen MR) is 76.3 cm³/mol. The van der Waals surface area contributed by atoms with Gasteiger partial charge in [0.25, 0.3) is 5.91 Å². The molecule has 0 spiro atoms. The van der Waals surface area contributed by atoms with Gasteiger partial charge >= 0.3 is 0 Å². The first-order chi connectivity index (χ1) is 9.25. The van der Waals surface area contributed by atoms with Crippen LogP contribution in [0.15, 0.2) is 48.7 Å². The van der Waals surface area contributed by atoms with Gasteiger partial charge in [-0.1, -0.05) is 41.9 Å². The highest BCUT2D eigenvalue weighted by Crippen LogP contribution is 2.05. The Hall–Kier alpha value is -1.87. The first-order valence-electron chi connectivity index (χ1n) is 6.19. The van der Waals surface area contributed by atoms with E-state index >= 15 is 0 Å². The summed E-state index contributed by atoms with van der Waals surface area (Å²) in [5, 5.41) is 3.26. The number of hydrogen-bond acceptors (Lipinski definition) is 2. The van der Waals surface area contributed by atoms with E-state index < -0.39 is 0 Å². The number of rotatable bonds is 5. The number of halogens is 1. The third kappa shape index (κ3) is 4.38. The number of nitrogens with zero attached hydrogens (tertiary/aromatic N) is 1. The zero-order valence-electron chi connectivity index (χ0n) is 10.5. The van der Waals surface area contributed by atoms with E-state index in [4.69, 9.17) is 11.6 Å². The molecule has 1 N–H and O–H groups in total. The van der Waals surface area contributed by atoms with Crippen LogP contribution in [-0.4, -0.2) is 17.4 Å². The molecular weight excluding hydrogens is 260 g/mol. The monoisotopic (exact) mass is 274 g/mol. The number of nitrogens with one attached hydrogen (secondary N) is 1. The number of amides is 1. The summed E-state index contributed by atoms with van der Waals surface area (Å²) < 4.78 is 0. The van der Waals surface area contributed by atoms with E-state index in [1.165, 1.54) is 11.8 Å². The van der Waals surface area contributed by atoms with Crippen molar-refractivity contribution < 1.29 is 4.79 Å². The third-order valence-corrected chi connectivity index (χ3v) is 2.98. The van der Waals surface area contributed by atoms with Gasteiger partial charge in [0.05, 0.1) is 5.56 Å². The molecule has 98 valence electrons. The molecule has 1 amide bonds. The highest BCUT2D eigenvalue weighted by Gasteiger charge is 2.04. The van der Waals surface area contributed by atoms with E-state index in [0.717, 1.165) is 12.8 Å². The Morgan fingerprint density at radius 1 is 1.16 bits per heavy atom. The number of hydrogen-bond donors (Lipinski definition) is 1. The highest BCUT2D eigenvalue weighted by atomic mass is 35.5. The molecule has 0 unspecified atom stereocenters. The number of aromatic nitrogens is 1. The van der Waals surface area contributed by atoms with Crippen LogP contribution in [0.25, 0.3) is 0 Å². The van der Waals surface area contributed by atoms with Gasteiger partial charge in [0.2, 0.25) is 0 Å². The van der Waals surface area contributed by atoms with E-state index in [1.807, 2.05) is 18.2 Å². The summed E-state index contributed by atoms with van der Waals surface area (Å²) in [6, 6.07) is 13.5. The Balaban J connectivity index is 1.74. The largest absolute Gasteiger partial charge is 0.352 e. The molecule has 3 nitrogen and oxygen atoms in total. The van der Waals surface area contributed by atoms with Gasteiger partial charge in [-0.2, -0.15) is 0 Å². The van der Waals surface area contributed by atoms with Crippen molar-refractivity contribution in [3.8, 4) is 0 Å². The topological polar surface area (TPSA) is 42.0 Å². The normalized spacial score (nSPS) is 10.2. The van der Waals surface area contributed by atoms with Gasteiger partial charge in [-0.05, 0) is 30.5 Å². The minimum absolute atomic E-state index is 0.114. The summed E-state index contributed by atoms with van der Waals surface area (Å²) in [6.45, 7) is 0.649. The van der Waals surface area contributed by atoms with Gasteiger partial charge in [0, 0.05) is 12.7 Å². The average molecular weight is 275 g/mol. The zero-order chi connectivity index (χ0) is 13.5. The molecule has 0 aliphatic heterocycles. The molecule has 0 saturated carbocycles. The molecule has 0 aliphatic rings. The van der Waals surface area contributed by atoms with Gasteiger partial charge in [0.1, 0.15) is 5.15 Å². The maximum absolute atomic E-state index is 11.8. The predicted octanol–water partition coefficient (Wildman–Crippen LogP) is 3.10. The molecule has 2 rings (SSSR count). The number of carbonyl (C=O) groups is 1. The molecule has 0 bridgehead atoms. The fourth-order valence-electron chi connectivity index (χ4n) is 1.75. The maximum atomic E-state index is 11.8. The summed E-state index contributed by atoms with van der Waals surface area (Å²) in [5.74, 6) is -0.114. The van der Waals surface area contributed by atoms with E-state index in [-0.39, 0.29) is 5.91 Å². The van der Waals surface area contributed by atoms with Gasteiger partial charge in [-0.25, -0.2) is 4.98 Å². The quantitative estimate of drug-likeness (QED) is 0.672. The van der Waals surface area contributed by atoms with Crippen LogP contribution >= 0.6 is 11.6 Å². The van der Waals surface area contributed by atoms with Crippen LogP contribution in [0.3, 0.4) is 0 Å². The highest BCUT2D eigenvalue weighted by molar-refractivity contribution is 6.29. The Labute approximate surface area is 117 Å². The van der Waals surface area contributed by atoms with Crippen molar-refractivity contribution in [1.82, 2.24) is 10.3 Å². The first-order valence-corrected chi connectivity index (χ1v) is 6.57. The summed E-state index contributed by atoms with van der Waals surface area (Å²) in [6.07, 6.45) is 3.35. The molecule has 0 aliphatic carbocycles. The number of carbonyl (C=O) groups excluding carboxylic acids is 1. The molecule has 1 heterocycles. The molecule has 1 aromatic carbocycles. The molecule has 19 heavy (non-hydrogen) atoms. The molecular formula is C15H15ClN2O. The van der Waals surface area contributed by atoms with Gasteiger partial charge in [-0.3, -0.25) is 4.79 Å². The second kappa shape index (κ2) is 6.90. The Morgan fingerprint density at radius 2 is 1.95 bits per heavy atom. The molecule has 1 aromatic heterocycles. The standard InChI is InChI=1S/C15H15ClN2O/c16-14-9-8-13(11-18-14)15(19)17-10-4-7-12-5-2-1-3-6-12/h1-3,5-6,8-9,11H,4,7,10H2,(H,17,19). The minimum Gasteiger partial charge on any atom is -0.352 e. The lowest BCUT2D eigenvalue weighted by atomic mass is 10.1. The number of benzene rings is 1. The van der Waals surface area contributed by atoms with E-state index in [9.17, 15) is 4.79 Å². The Morgan fingerprint density at radius 3 is 2.63 bits per heavy atom. The summed E-state index contributed by atoms with van der Waals surface area (Å²) in [7, 11) is 0. The van der Waals surface area contributed by atoms with Crippen LogP contribution in [-0.2, 0) is 6.42 Å². The average Bonchev–Trinajstić information content (AvgIpc) is 2.45. The second-order valence-corrected chi connectivity index (χ2v) is 4.60. The summed E-state index contributed by atoms with van der Waals surface area (Å²) in [4.78, 5) is 15.7. The van der Waals surface area contributed by atoms with Crippen LogP contribution in [0.2, 0.25) is 5.15 Å². The van der Waals surface area contributed by atoms with Crippen LogP contribution in [0.5, 0.6) is 0 Å². The molecule has 0 saturated heterocycles. The summed E-state index contributed by atoms with van der Waals surface area (Å²) in [5.41, 5.74) is 1.81. The van der Waals surface area contributed by atoms with Gasteiger partial charge < -0.3 is 5.32 Å². The minimum atomic E-state index is -0.114. The lowest BCUT2D eigenvalue weighted by molar-refractivity contribution is 0.0953. The SMILES string of the molecule is O=C(NCCCc1ccccc1)c1ccc(Cl)nc1. The lowest BCUT2D eigenvalue weighted by Gasteiger charge is -2.05. The molecule has 0 fully saturated rings. The van der Waals surface area contributed by atoms with Crippen molar-refractivity contribution in [2.45, 2.75) is 12.8 Å². The van der Waals surface area contributed by atoms with Crippen molar-refractivity contribution >= 4 is 17.5 Å². The third-order valence-electron chi connectivity index (χ3n) is 2.76. The smallest absolute Gasteiger partial charge is 0.252 e. The molecule has 0 radical (unpaired) electrons. The number of aryl methyl sites for hydroxylation is 1. The molecule has 0 atom stereocenters. The van der Waals surface area contributed by atoms with Crippen LogP contribution in [0, 0.1) is 0 Å². The van der Waals surface area contributed by atoms with Crippen molar-refractivity contribution in [3.05, 3.63) is 64.9 Å². The van der Waals surface area contributed by atoms with Crippen molar-refractivity contribution in [2.75, 3.05) is 6.54 Å². The van der Waals surface area contributed by atoms with E-state index in [2.05, 4.69) is 22.4 Å². The van der Waals surface area contributed by atoms with Gasteiger partial charge in [0.15, 0.2) is 0 Å². The fraction of sp³-hybridized carbons (Fsp3) is 0.200. The van der Waals surface area contributed by atoms with Crippen molar-refractivity contribution in [2.24, 2.45) is 0 Å². The zero-order valence-corrected chi connectivity index (χ0v) is 11.2. The van der Waals surface area contributed by atoms with Gasteiger partial charge in [-0.15, -0.1) is 0 Å². The molecule has 2 aromatic rings. The van der Waals surface area contributed by atoms with Crippen molar-refractivity contribution in [1.29, 1.82) is 0 Å².